The number of hydrogen-bond donors (Lipinski definition) is 2. The molecular weight excluding hydrogens is 596 g/mol. The van der Waals surface area contributed by atoms with E-state index in [1.54, 1.807) is 18.2 Å². The molecule has 1 aliphatic carbocycles. The second-order valence-electron chi connectivity index (χ2n) is 7.57. The fourth-order valence-corrected chi connectivity index (χ4v) is 5.02. The van der Waals surface area contributed by atoms with Crippen LogP contribution >= 0.6 is 62.3 Å². The largest absolute Gasteiger partial charge is 0.326 e. The highest BCUT2D eigenvalue weighted by molar-refractivity contribution is 9.10. The second-order valence-corrected chi connectivity index (χ2v) is 10.7. The fourth-order valence-electron chi connectivity index (χ4n) is 3.55. The molecule has 0 aliphatic heterocycles. The molecule has 1 fully saturated rings. The lowest BCUT2D eigenvalue weighted by molar-refractivity contribution is -0.117. The van der Waals surface area contributed by atoms with Crippen molar-refractivity contribution < 1.29 is 18.4 Å². The summed E-state index contributed by atoms with van der Waals surface area (Å²) in [4.78, 5) is 25.5. The summed E-state index contributed by atoms with van der Waals surface area (Å²) in [5.41, 5.74) is 0.705. The Morgan fingerprint density at radius 3 is 2.32 bits per heavy atom. The maximum atomic E-state index is 13.9. The summed E-state index contributed by atoms with van der Waals surface area (Å²) in [7, 11) is 0. The molecule has 1 aliphatic rings. The first-order valence-corrected chi connectivity index (χ1v) is 12.0. The van der Waals surface area contributed by atoms with E-state index in [1.807, 2.05) is 0 Å². The van der Waals surface area contributed by atoms with E-state index < -0.39 is 39.6 Å². The minimum Gasteiger partial charge on any atom is -0.326 e. The third-order valence-electron chi connectivity index (χ3n) is 5.30. The van der Waals surface area contributed by atoms with Crippen LogP contribution in [0, 0.1) is 17.6 Å². The van der Waals surface area contributed by atoms with Crippen molar-refractivity contribution in [2.45, 2.75) is 10.3 Å². The van der Waals surface area contributed by atoms with E-state index in [0.717, 1.165) is 12.1 Å². The van der Waals surface area contributed by atoms with E-state index in [2.05, 4.69) is 26.6 Å². The van der Waals surface area contributed by atoms with Crippen LogP contribution < -0.4 is 10.6 Å². The number of nitrogens with one attached hydrogen (secondary N) is 2. The summed E-state index contributed by atoms with van der Waals surface area (Å²) in [5.74, 6) is -4.19. The first-order chi connectivity index (χ1) is 16.0. The van der Waals surface area contributed by atoms with Crippen molar-refractivity contribution in [3.05, 3.63) is 91.9 Å². The molecule has 0 spiro atoms. The van der Waals surface area contributed by atoms with Crippen molar-refractivity contribution in [2.75, 3.05) is 10.6 Å². The van der Waals surface area contributed by atoms with Crippen molar-refractivity contribution in [1.29, 1.82) is 0 Å². The van der Waals surface area contributed by atoms with Crippen molar-refractivity contribution in [3.63, 3.8) is 0 Å². The molecule has 1 saturated carbocycles. The molecule has 0 radical (unpaired) electrons. The summed E-state index contributed by atoms with van der Waals surface area (Å²) in [5, 5.41) is 5.53. The zero-order valence-corrected chi connectivity index (χ0v) is 21.4. The number of carbonyl (C=O) groups is 2. The Hall–Kier alpha value is -1.90. The van der Waals surface area contributed by atoms with Gasteiger partial charge in [0.05, 0.1) is 27.2 Å². The molecule has 0 bridgehead atoms. The molecule has 3 aromatic carbocycles. The molecule has 0 aromatic heterocycles. The number of benzene rings is 3. The van der Waals surface area contributed by atoms with E-state index in [4.69, 9.17) is 46.4 Å². The number of amides is 2. The normalized spacial score (nSPS) is 18.3. The van der Waals surface area contributed by atoms with Crippen molar-refractivity contribution in [2.24, 2.45) is 5.92 Å². The van der Waals surface area contributed by atoms with Gasteiger partial charge in [0, 0.05) is 22.1 Å². The maximum Gasteiger partial charge on any atom is 0.257 e. The van der Waals surface area contributed by atoms with Gasteiger partial charge < -0.3 is 10.6 Å². The van der Waals surface area contributed by atoms with Gasteiger partial charge in [-0.15, -0.1) is 23.2 Å². The SMILES string of the molecule is O=C(Nc1ccc(F)cc1F)c1cc(NC(=O)[C@@H]2[C@@H](c3ccc(Br)c(Cl)c3)C2(Cl)Cl)ccc1Cl. The Kier molecular flexibility index (Phi) is 7.14. The van der Waals surface area contributed by atoms with Gasteiger partial charge in [-0.2, -0.15) is 0 Å². The van der Waals surface area contributed by atoms with Crippen LogP contribution in [0.1, 0.15) is 21.8 Å². The van der Waals surface area contributed by atoms with Crippen LogP contribution in [0.3, 0.4) is 0 Å². The Labute approximate surface area is 221 Å². The Morgan fingerprint density at radius 1 is 0.912 bits per heavy atom. The molecule has 4 rings (SSSR count). The Morgan fingerprint density at radius 2 is 1.65 bits per heavy atom. The number of anilines is 2. The minimum atomic E-state index is -1.34. The number of alkyl halides is 2. The maximum absolute atomic E-state index is 13.9. The van der Waals surface area contributed by atoms with Crippen LogP contribution in [0.15, 0.2) is 59.1 Å². The lowest BCUT2D eigenvalue weighted by Crippen LogP contribution is -2.18. The van der Waals surface area contributed by atoms with Gasteiger partial charge in [-0.05, 0) is 64.0 Å². The molecule has 2 N–H and O–H groups in total. The van der Waals surface area contributed by atoms with Crippen LogP contribution in [-0.4, -0.2) is 16.1 Å². The average Bonchev–Trinajstić information content (AvgIpc) is 3.35. The topological polar surface area (TPSA) is 58.2 Å². The van der Waals surface area contributed by atoms with Crippen molar-refractivity contribution in [3.8, 4) is 0 Å². The van der Waals surface area contributed by atoms with E-state index in [9.17, 15) is 18.4 Å². The molecular formula is C23H13BrCl4F2N2O2. The lowest BCUT2D eigenvalue weighted by atomic mass is 10.1. The molecule has 0 heterocycles. The Balaban J connectivity index is 1.51. The highest BCUT2D eigenvalue weighted by Gasteiger charge is 2.67. The van der Waals surface area contributed by atoms with Crippen molar-refractivity contribution in [1.82, 2.24) is 0 Å². The number of rotatable bonds is 5. The second kappa shape index (κ2) is 9.63. The van der Waals surface area contributed by atoms with Crippen LogP contribution in [0.4, 0.5) is 20.2 Å². The molecule has 4 nitrogen and oxygen atoms in total. The zero-order chi connectivity index (χ0) is 24.8. The van der Waals surface area contributed by atoms with Crippen LogP contribution in [0.2, 0.25) is 10.0 Å². The molecule has 2 atom stereocenters. The van der Waals surface area contributed by atoms with Gasteiger partial charge in [0.25, 0.3) is 5.91 Å². The molecule has 0 unspecified atom stereocenters. The predicted octanol–water partition coefficient (Wildman–Crippen LogP) is 7.81. The highest BCUT2D eigenvalue weighted by Crippen LogP contribution is 2.65. The third-order valence-corrected chi connectivity index (χ3v) is 7.80. The van der Waals surface area contributed by atoms with Gasteiger partial charge in [0.2, 0.25) is 5.91 Å². The third kappa shape index (κ3) is 5.04. The molecule has 2 amide bonds. The molecule has 3 aromatic rings. The highest BCUT2D eigenvalue weighted by atomic mass is 79.9. The fraction of sp³-hybridized carbons (Fsp3) is 0.130. The van der Waals surface area contributed by atoms with Crippen LogP contribution in [-0.2, 0) is 4.79 Å². The monoisotopic (exact) mass is 606 g/mol. The van der Waals surface area contributed by atoms with Crippen LogP contribution in [0.5, 0.6) is 0 Å². The zero-order valence-electron chi connectivity index (χ0n) is 16.8. The van der Waals surface area contributed by atoms with Crippen molar-refractivity contribution >= 4 is 85.5 Å². The van der Waals surface area contributed by atoms with E-state index in [1.165, 1.54) is 18.2 Å². The summed E-state index contributed by atoms with van der Waals surface area (Å²) in [6.45, 7) is 0. The first kappa shape index (κ1) is 25.2. The quantitative estimate of drug-likeness (QED) is 0.290. The Bertz CT molecular complexity index is 1320. The molecule has 34 heavy (non-hydrogen) atoms. The summed E-state index contributed by atoms with van der Waals surface area (Å²) < 4.78 is 26.3. The van der Waals surface area contributed by atoms with Gasteiger partial charge >= 0.3 is 0 Å². The van der Waals surface area contributed by atoms with Gasteiger partial charge in [0.15, 0.2) is 0 Å². The molecule has 176 valence electrons. The standard InChI is InChI=1S/C23H13BrCl4F2N2O2/c24-14-4-1-10(7-16(14)26)19-20(23(19,27)28)22(34)31-12-3-5-15(25)13(9-12)21(33)32-18-6-2-11(29)8-17(18)30/h1-9,19-20H,(H,31,34)(H,32,33)/t19-,20+/m1/s1. The first-order valence-electron chi connectivity index (χ1n) is 9.68. The summed E-state index contributed by atoms with van der Waals surface area (Å²) in [6.07, 6.45) is 0. The number of halogens is 7. The van der Waals surface area contributed by atoms with Crippen LogP contribution in [0.25, 0.3) is 0 Å². The van der Waals surface area contributed by atoms with Gasteiger partial charge in [-0.3, -0.25) is 9.59 Å². The number of carbonyl (C=O) groups excluding carboxylic acids is 2. The lowest BCUT2D eigenvalue weighted by Gasteiger charge is -2.11. The average molecular weight is 609 g/mol. The van der Waals surface area contributed by atoms with Gasteiger partial charge in [0.1, 0.15) is 16.0 Å². The van der Waals surface area contributed by atoms with E-state index in [-0.39, 0.29) is 22.0 Å². The van der Waals surface area contributed by atoms with Gasteiger partial charge in [-0.25, -0.2) is 8.78 Å². The summed E-state index contributed by atoms with van der Waals surface area (Å²) >= 11 is 28.4. The predicted molar refractivity (Wildman–Crippen MR) is 134 cm³/mol. The minimum absolute atomic E-state index is 0.0294. The summed E-state index contributed by atoms with van der Waals surface area (Å²) in [6, 6.07) is 12.2. The van der Waals surface area contributed by atoms with Gasteiger partial charge in [-0.1, -0.05) is 29.3 Å². The molecule has 11 heteroatoms. The van der Waals surface area contributed by atoms with E-state index in [0.29, 0.717) is 21.1 Å². The smallest absolute Gasteiger partial charge is 0.257 e. The number of hydrogen-bond acceptors (Lipinski definition) is 2. The molecule has 0 saturated heterocycles. The van der Waals surface area contributed by atoms with E-state index >= 15 is 0 Å².